The number of carbonyl (C=O) groups is 1. The Balaban J connectivity index is 1.69. The summed E-state index contributed by atoms with van der Waals surface area (Å²) in [6.07, 6.45) is 2.36. The lowest BCUT2D eigenvalue weighted by atomic mass is 9.64. The molecule has 0 radical (unpaired) electrons. The Morgan fingerprint density at radius 1 is 1.14 bits per heavy atom. The van der Waals surface area contributed by atoms with Gasteiger partial charge in [0, 0.05) is 18.2 Å². The van der Waals surface area contributed by atoms with E-state index in [9.17, 15) is 26.4 Å². The molecule has 1 aliphatic carbocycles. The summed E-state index contributed by atoms with van der Waals surface area (Å²) in [5.41, 5.74) is 1.79. The third-order valence-corrected chi connectivity index (χ3v) is 7.87. The van der Waals surface area contributed by atoms with Crippen LogP contribution in [0.3, 0.4) is 0 Å². The Bertz CT molecular complexity index is 1400. The summed E-state index contributed by atoms with van der Waals surface area (Å²) in [4.78, 5) is 15.5. The van der Waals surface area contributed by atoms with E-state index in [0.29, 0.717) is 12.1 Å². The van der Waals surface area contributed by atoms with E-state index in [1.54, 1.807) is 10.8 Å². The third-order valence-electron chi connectivity index (χ3n) is 6.77. The van der Waals surface area contributed by atoms with Crippen molar-refractivity contribution in [1.82, 2.24) is 4.90 Å². The van der Waals surface area contributed by atoms with Gasteiger partial charge in [-0.2, -0.15) is 26.7 Å². The van der Waals surface area contributed by atoms with Gasteiger partial charge in [0.1, 0.15) is 5.71 Å². The molecule has 11 heteroatoms. The van der Waals surface area contributed by atoms with Gasteiger partial charge < -0.3 is 4.90 Å². The van der Waals surface area contributed by atoms with Crippen molar-refractivity contribution in [3.05, 3.63) is 77.5 Å². The number of nitrogens with zero attached hydrogens (tertiary/aromatic N) is 2. The first-order valence-corrected chi connectivity index (χ1v) is 13.2. The van der Waals surface area contributed by atoms with E-state index in [4.69, 9.17) is 0 Å². The molecular weight excluding hydrogens is 505 g/mol. The largest absolute Gasteiger partial charge is 0.516 e. The molecule has 4 rings (SSSR count). The number of rotatable bonds is 8. The Labute approximate surface area is 213 Å². The number of likely N-dealkylation sites (tertiary alicyclic amines) is 1. The molecule has 0 unspecified atom stereocenters. The molecule has 2 aliphatic rings. The zero-order valence-corrected chi connectivity index (χ0v) is 21.3. The van der Waals surface area contributed by atoms with Gasteiger partial charge in [-0.25, -0.2) is 0 Å². The van der Waals surface area contributed by atoms with Crippen molar-refractivity contribution in [3.63, 3.8) is 0 Å². The summed E-state index contributed by atoms with van der Waals surface area (Å²) in [5.74, 6) is -0.386. The minimum absolute atomic E-state index is 0.00417. The smallest absolute Gasteiger partial charge is 0.330 e. The Hall–Kier alpha value is -3.56. The maximum absolute atomic E-state index is 14.0. The predicted octanol–water partition coefficient (Wildman–Crippen LogP) is 5.27. The van der Waals surface area contributed by atoms with Gasteiger partial charge in [0.15, 0.2) is 0 Å². The number of hydrogen-bond acceptors (Lipinski definition) is 5. The number of para-hydroxylation sites is 2. The molecule has 37 heavy (non-hydrogen) atoms. The number of hydrogen-bond donors (Lipinski definition) is 2. The summed E-state index contributed by atoms with van der Waals surface area (Å²) in [6.45, 7) is 5.77. The van der Waals surface area contributed by atoms with Crippen LogP contribution in [-0.4, -0.2) is 36.5 Å². The molecule has 1 fully saturated rings. The normalized spacial score (nSPS) is 22.8. The zero-order chi connectivity index (χ0) is 27.0. The lowest BCUT2D eigenvalue weighted by Crippen LogP contribution is -2.57. The number of hydrazone groups is 1. The van der Waals surface area contributed by atoms with Gasteiger partial charge >= 0.3 is 15.5 Å². The van der Waals surface area contributed by atoms with Gasteiger partial charge in [-0.05, 0) is 49.1 Å². The van der Waals surface area contributed by atoms with E-state index in [2.05, 4.69) is 16.3 Å². The minimum Gasteiger partial charge on any atom is -0.330 e. The van der Waals surface area contributed by atoms with Crippen molar-refractivity contribution in [2.45, 2.75) is 45.3 Å². The molecule has 0 bridgehead atoms. The number of allylic oxidation sites excluding steroid dienone is 1. The average molecular weight is 533 g/mol. The van der Waals surface area contributed by atoms with Crippen molar-refractivity contribution in [2.75, 3.05) is 10.1 Å². The molecule has 0 spiro atoms. The molecule has 1 saturated heterocycles. The lowest BCUT2D eigenvalue weighted by Gasteiger charge is -2.47. The molecule has 0 saturated carbocycles. The minimum atomic E-state index is -5.63. The average Bonchev–Trinajstić information content (AvgIpc) is 3.67. The van der Waals surface area contributed by atoms with Crippen molar-refractivity contribution in [2.24, 2.45) is 16.4 Å². The van der Waals surface area contributed by atoms with E-state index in [1.807, 2.05) is 57.2 Å². The highest BCUT2D eigenvalue weighted by Crippen LogP contribution is 2.49. The lowest BCUT2D eigenvalue weighted by molar-refractivity contribution is -0.129. The summed E-state index contributed by atoms with van der Waals surface area (Å²) >= 11 is 0. The van der Waals surface area contributed by atoms with E-state index in [-0.39, 0.29) is 41.4 Å². The number of carbonyl (C=O) groups excluding carboxylic acids is 1. The molecule has 2 atom stereocenters. The van der Waals surface area contributed by atoms with Gasteiger partial charge in [0.05, 0.1) is 16.8 Å². The fourth-order valence-electron chi connectivity index (χ4n) is 4.70. The quantitative estimate of drug-likeness (QED) is 0.358. The SMILES string of the molecule is CC(C)[C@@]1(C2=C=C2)C[C@@H](C)N(Cc2ccccc2NS(=O)(=O)C(F)(F)F)C(=O)/C1=N\Nc1ccccc1. The standard InChI is InChI=1S/C26H27F3N4O3S/c1-17(2)25(20-13-14-20)15-18(3)33(24(34)23(25)31-30-21-10-5-4-6-11-21)16-19-9-7-8-12-22(19)32-37(35,36)26(27,28)29/h4-13,17-18,30,32H,15-16H2,1-3H3/b31-23+/t18-,25-/m1/s1. The fourth-order valence-corrected chi connectivity index (χ4v) is 5.31. The number of alkyl halides is 3. The maximum Gasteiger partial charge on any atom is 0.516 e. The Kier molecular flexibility index (Phi) is 6.96. The summed E-state index contributed by atoms with van der Waals surface area (Å²) in [5, 5.41) is 4.55. The highest BCUT2D eigenvalue weighted by Gasteiger charge is 2.54. The molecule has 1 aliphatic heterocycles. The van der Waals surface area contributed by atoms with E-state index in [1.165, 1.54) is 23.1 Å². The van der Waals surface area contributed by atoms with Crippen LogP contribution in [0.4, 0.5) is 24.5 Å². The topological polar surface area (TPSA) is 90.9 Å². The van der Waals surface area contributed by atoms with Crippen molar-refractivity contribution in [3.8, 4) is 0 Å². The van der Waals surface area contributed by atoms with Crippen LogP contribution in [0.25, 0.3) is 0 Å². The van der Waals surface area contributed by atoms with Crippen molar-refractivity contribution < 1.29 is 26.4 Å². The van der Waals surface area contributed by atoms with Crippen LogP contribution in [0.1, 0.15) is 32.8 Å². The number of anilines is 2. The Morgan fingerprint density at radius 3 is 2.35 bits per heavy atom. The van der Waals surface area contributed by atoms with Crippen LogP contribution in [-0.2, 0) is 21.4 Å². The van der Waals surface area contributed by atoms with Gasteiger partial charge in [-0.15, -0.1) is 5.73 Å². The first-order chi connectivity index (χ1) is 17.4. The number of nitrogens with one attached hydrogen (secondary N) is 2. The van der Waals surface area contributed by atoms with Crippen LogP contribution in [0.5, 0.6) is 0 Å². The van der Waals surface area contributed by atoms with Gasteiger partial charge in [-0.3, -0.25) is 14.9 Å². The molecule has 2 aromatic rings. The highest BCUT2D eigenvalue weighted by molar-refractivity contribution is 7.93. The second-order valence-electron chi connectivity index (χ2n) is 9.46. The summed E-state index contributed by atoms with van der Waals surface area (Å²) in [6, 6.07) is 14.5. The maximum atomic E-state index is 14.0. The number of piperidine rings is 1. The van der Waals surface area contributed by atoms with Crippen LogP contribution >= 0.6 is 0 Å². The number of halogens is 3. The molecule has 196 valence electrons. The first kappa shape index (κ1) is 26.5. The predicted molar refractivity (Wildman–Crippen MR) is 136 cm³/mol. The molecule has 1 heterocycles. The van der Waals surface area contributed by atoms with Crippen LogP contribution in [0, 0.1) is 11.3 Å². The van der Waals surface area contributed by atoms with Crippen molar-refractivity contribution >= 4 is 33.0 Å². The molecule has 2 N–H and O–H groups in total. The van der Waals surface area contributed by atoms with E-state index < -0.39 is 20.9 Å². The molecule has 2 aromatic carbocycles. The van der Waals surface area contributed by atoms with Crippen LogP contribution < -0.4 is 10.1 Å². The second kappa shape index (κ2) is 9.72. The van der Waals surface area contributed by atoms with Crippen LogP contribution in [0.2, 0.25) is 0 Å². The second-order valence-corrected chi connectivity index (χ2v) is 11.1. The van der Waals surface area contributed by atoms with Crippen molar-refractivity contribution in [1.29, 1.82) is 0 Å². The monoisotopic (exact) mass is 532 g/mol. The third kappa shape index (κ3) is 5.14. The molecule has 1 amide bonds. The van der Waals surface area contributed by atoms with E-state index in [0.717, 1.165) is 5.57 Å². The van der Waals surface area contributed by atoms with Crippen LogP contribution in [0.15, 0.2) is 77.1 Å². The molecule has 0 aromatic heterocycles. The molecule has 7 nitrogen and oxygen atoms in total. The number of amides is 1. The van der Waals surface area contributed by atoms with Gasteiger partial charge in [0.2, 0.25) is 0 Å². The highest BCUT2D eigenvalue weighted by atomic mass is 32.2. The number of benzene rings is 2. The van der Waals surface area contributed by atoms with Gasteiger partial charge in [0.25, 0.3) is 5.91 Å². The zero-order valence-electron chi connectivity index (χ0n) is 20.5. The van der Waals surface area contributed by atoms with E-state index >= 15 is 0 Å². The number of sulfonamides is 1. The Morgan fingerprint density at radius 2 is 1.76 bits per heavy atom. The fraction of sp³-hybridized carbons (Fsp3) is 0.346. The first-order valence-electron chi connectivity index (χ1n) is 11.7. The molecular formula is C26H27F3N4O3S. The summed E-state index contributed by atoms with van der Waals surface area (Å²) < 4.78 is 64.1. The summed E-state index contributed by atoms with van der Waals surface area (Å²) in [7, 11) is -5.63. The van der Waals surface area contributed by atoms with Gasteiger partial charge in [-0.1, -0.05) is 50.2 Å².